The molecular weight excluding hydrogens is 253 g/mol. The van der Waals surface area contributed by atoms with Crippen LogP contribution >= 0.6 is 0 Å². The fourth-order valence-electron chi connectivity index (χ4n) is 1.73. The number of halogens is 3. The quantitative estimate of drug-likeness (QED) is 0.818. The first-order valence-corrected chi connectivity index (χ1v) is 5.71. The Morgan fingerprint density at radius 2 is 1.37 bits per heavy atom. The summed E-state index contributed by atoms with van der Waals surface area (Å²) in [6.07, 6.45) is -5.38. The lowest BCUT2D eigenvalue weighted by Gasteiger charge is -2.06. The molecule has 0 N–H and O–H groups in total. The van der Waals surface area contributed by atoms with Gasteiger partial charge in [0.15, 0.2) is 0 Å². The Labute approximate surface area is 108 Å². The van der Waals surface area contributed by atoms with Gasteiger partial charge in [-0.1, -0.05) is 54.6 Å². The first-order chi connectivity index (χ1) is 8.97. The average Bonchev–Trinajstić information content (AvgIpc) is 2.39. The third kappa shape index (κ3) is 3.44. The van der Waals surface area contributed by atoms with E-state index in [9.17, 15) is 18.0 Å². The summed E-state index contributed by atoms with van der Waals surface area (Å²) < 4.78 is 36.4. The third-order valence-electron chi connectivity index (χ3n) is 2.74. The average molecular weight is 264 g/mol. The Bertz CT molecular complexity index is 556. The van der Waals surface area contributed by atoms with Crippen molar-refractivity contribution in [3.8, 4) is 11.1 Å². The van der Waals surface area contributed by atoms with E-state index in [1.807, 2.05) is 30.3 Å². The molecule has 0 bridgehead atoms. The maximum Gasteiger partial charge on any atom is 0.450 e. The van der Waals surface area contributed by atoms with Crippen molar-refractivity contribution in [3.63, 3.8) is 0 Å². The van der Waals surface area contributed by atoms with E-state index in [0.717, 1.165) is 11.1 Å². The Morgan fingerprint density at radius 3 is 1.89 bits per heavy atom. The Morgan fingerprint density at radius 1 is 0.842 bits per heavy atom. The van der Waals surface area contributed by atoms with Crippen molar-refractivity contribution in [2.75, 3.05) is 0 Å². The van der Waals surface area contributed by atoms with Gasteiger partial charge in [0.05, 0.1) is 0 Å². The fourth-order valence-corrected chi connectivity index (χ4v) is 1.73. The minimum atomic E-state index is -4.77. The summed E-state index contributed by atoms with van der Waals surface area (Å²) in [5.41, 5.74) is 2.25. The number of hydrogen-bond acceptors (Lipinski definition) is 1. The van der Waals surface area contributed by atoms with Gasteiger partial charge in [-0.2, -0.15) is 13.2 Å². The summed E-state index contributed by atoms with van der Waals surface area (Å²) in [4.78, 5) is 10.9. The Balaban J connectivity index is 2.14. The predicted octanol–water partition coefficient (Wildman–Crippen LogP) is 4.03. The molecule has 0 saturated carbocycles. The summed E-state index contributed by atoms with van der Waals surface area (Å²) in [7, 11) is 0. The van der Waals surface area contributed by atoms with Crippen LogP contribution in [0.4, 0.5) is 13.2 Å². The van der Waals surface area contributed by atoms with Gasteiger partial charge >= 0.3 is 6.18 Å². The minimum Gasteiger partial charge on any atom is -0.289 e. The van der Waals surface area contributed by atoms with Crippen LogP contribution in [0.2, 0.25) is 0 Å². The van der Waals surface area contributed by atoms with Crippen LogP contribution in [0, 0.1) is 0 Å². The highest BCUT2D eigenvalue weighted by Gasteiger charge is 2.37. The molecular formula is C15H11F3O. The molecule has 0 aliphatic rings. The molecule has 0 saturated heterocycles. The van der Waals surface area contributed by atoms with E-state index < -0.39 is 18.4 Å². The normalized spacial score (nSPS) is 11.3. The number of alkyl halides is 3. The van der Waals surface area contributed by atoms with Gasteiger partial charge in [-0.15, -0.1) is 0 Å². The smallest absolute Gasteiger partial charge is 0.289 e. The van der Waals surface area contributed by atoms with E-state index >= 15 is 0 Å². The topological polar surface area (TPSA) is 17.1 Å². The number of rotatable bonds is 3. The van der Waals surface area contributed by atoms with Gasteiger partial charge in [0.25, 0.3) is 0 Å². The number of benzene rings is 2. The van der Waals surface area contributed by atoms with Crippen molar-refractivity contribution in [2.45, 2.75) is 12.6 Å². The van der Waals surface area contributed by atoms with Crippen LogP contribution in [-0.2, 0) is 11.2 Å². The lowest BCUT2D eigenvalue weighted by molar-refractivity contribution is -0.170. The van der Waals surface area contributed by atoms with Gasteiger partial charge < -0.3 is 0 Å². The summed E-state index contributed by atoms with van der Waals surface area (Å²) in [6, 6.07) is 16.0. The van der Waals surface area contributed by atoms with Gasteiger partial charge in [-0.3, -0.25) is 4.79 Å². The summed E-state index contributed by atoms with van der Waals surface area (Å²) in [5, 5.41) is 0. The third-order valence-corrected chi connectivity index (χ3v) is 2.74. The molecule has 1 nitrogen and oxygen atoms in total. The number of ketones is 1. The Kier molecular flexibility index (Phi) is 3.69. The molecule has 0 radical (unpaired) electrons. The van der Waals surface area contributed by atoms with Crippen LogP contribution in [0.25, 0.3) is 11.1 Å². The van der Waals surface area contributed by atoms with Gasteiger partial charge in [0.1, 0.15) is 0 Å². The molecule has 0 aromatic heterocycles. The highest BCUT2D eigenvalue weighted by Crippen LogP contribution is 2.22. The molecule has 0 amide bonds. The van der Waals surface area contributed by atoms with Crippen LogP contribution < -0.4 is 0 Å². The SMILES string of the molecule is O=C(Cc1ccc(-c2ccccc2)cc1)C(F)(F)F. The number of Topliss-reactive ketones (excluding diaryl/α,β-unsaturated/α-hetero) is 1. The molecule has 0 fully saturated rings. The van der Waals surface area contributed by atoms with E-state index in [1.165, 1.54) is 0 Å². The predicted molar refractivity (Wildman–Crippen MR) is 66.6 cm³/mol. The minimum absolute atomic E-state index is 0.363. The highest BCUT2D eigenvalue weighted by molar-refractivity contribution is 5.86. The van der Waals surface area contributed by atoms with E-state index in [0.29, 0.717) is 5.56 Å². The van der Waals surface area contributed by atoms with E-state index in [-0.39, 0.29) is 0 Å². The summed E-state index contributed by atoms with van der Waals surface area (Å²) in [5.74, 6) is -1.72. The van der Waals surface area contributed by atoms with Crippen molar-refractivity contribution in [3.05, 3.63) is 60.2 Å². The largest absolute Gasteiger partial charge is 0.450 e. The molecule has 0 unspecified atom stereocenters. The first kappa shape index (κ1) is 13.3. The van der Waals surface area contributed by atoms with Crippen LogP contribution in [0.3, 0.4) is 0 Å². The molecule has 2 rings (SSSR count). The van der Waals surface area contributed by atoms with Gasteiger partial charge in [-0.05, 0) is 16.7 Å². The molecule has 0 aliphatic carbocycles. The number of hydrogen-bond donors (Lipinski definition) is 0. The second kappa shape index (κ2) is 5.26. The van der Waals surface area contributed by atoms with Crippen molar-refractivity contribution in [2.24, 2.45) is 0 Å². The van der Waals surface area contributed by atoms with E-state index in [4.69, 9.17) is 0 Å². The fraction of sp³-hybridized carbons (Fsp3) is 0.133. The van der Waals surface area contributed by atoms with Crippen molar-refractivity contribution in [1.29, 1.82) is 0 Å². The molecule has 0 heterocycles. The van der Waals surface area contributed by atoms with Gasteiger partial charge in [-0.25, -0.2) is 0 Å². The molecule has 0 aliphatic heterocycles. The molecule has 2 aromatic rings. The van der Waals surface area contributed by atoms with E-state index in [1.54, 1.807) is 24.3 Å². The van der Waals surface area contributed by atoms with Crippen LogP contribution in [0.15, 0.2) is 54.6 Å². The molecule has 0 spiro atoms. The molecule has 0 atom stereocenters. The standard InChI is InChI=1S/C15H11F3O/c16-15(17,18)14(19)10-11-6-8-13(9-7-11)12-4-2-1-3-5-12/h1-9H,10H2. The van der Waals surface area contributed by atoms with Crippen molar-refractivity contribution < 1.29 is 18.0 Å². The van der Waals surface area contributed by atoms with Crippen LogP contribution in [-0.4, -0.2) is 12.0 Å². The maximum absolute atomic E-state index is 12.1. The zero-order chi connectivity index (χ0) is 13.9. The zero-order valence-electron chi connectivity index (χ0n) is 9.95. The van der Waals surface area contributed by atoms with Crippen LogP contribution in [0.1, 0.15) is 5.56 Å². The zero-order valence-corrected chi connectivity index (χ0v) is 9.95. The molecule has 98 valence electrons. The summed E-state index contributed by atoms with van der Waals surface area (Å²) >= 11 is 0. The van der Waals surface area contributed by atoms with Gasteiger partial charge in [0, 0.05) is 6.42 Å². The van der Waals surface area contributed by atoms with Gasteiger partial charge in [0.2, 0.25) is 5.78 Å². The maximum atomic E-state index is 12.1. The lowest BCUT2D eigenvalue weighted by Crippen LogP contribution is -2.24. The van der Waals surface area contributed by atoms with Crippen LogP contribution in [0.5, 0.6) is 0 Å². The Hall–Kier alpha value is -2.10. The number of carbonyl (C=O) groups excluding carboxylic acids is 1. The molecule has 2 aromatic carbocycles. The highest BCUT2D eigenvalue weighted by atomic mass is 19.4. The van der Waals surface area contributed by atoms with Crippen molar-refractivity contribution >= 4 is 5.78 Å². The second-order valence-electron chi connectivity index (χ2n) is 4.16. The van der Waals surface area contributed by atoms with E-state index in [2.05, 4.69) is 0 Å². The summed E-state index contributed by atoms with van der Waals surface area (Å²) in [6.45, 7) is 0. The second-order valence-corrected chi connectivity index (χ2v) is 4.16. The van der Waals surface area contributed by atoms with Crippen molar-refractivity contribution in [1.82, 2.24) is 0 Å². The monoisotopic (exact) mass is 264 g/mol. The number of carbonyl (C=O) groups is 1. The first-order valence-electron chi connectivity index (χ1n) is 5.71. The molecule has 4 heteroatoms. The molecule has 19 heavy (non-hydrogen) atoms. The lowest BCUT2D eigenvalue weighted by atomic mass is 10.0.